The number of nitrogen functional groups attached to an aromatic ring is 1. The number of anilines is 1. The van der Waals surface area contributed by atoms with E-state index in [-0.39, 0.29) is 5.56 Å². The van der Waals surface area contributed by atoms with Crippen LogP contribution in [0.5, 0.6) is 5.75 Å². The lowest BCUT2D eigenvalue weighted by Crippen LogP contribution is -2.01. The first-order chi connectivity index (χ1) is 9.15. The fourth-order valence-corrected chi connectivity index (χ4v) is 2.78. The molecule has 0 amide bonds. The lowest BCUT2D eigenvalue weighted by molar-refractivity contribution is 0.0697. The van der Waals surface area contributed by atoms with Crippen molar-refractivity contribution < 1.29 is 14.6 Å². The topological polar surface area (TPSA) is 98.3 Å². The van der Waals surface area contributed by atoms with Gasteiger partial charge in [0.15, 0.2) is 4.34 Å². The quantitative estimate of drug-likeness (QED) is 0.621. The Labute approximate surface area is 117 Å². The number of thioether (sulfide) groups is 1. The van der Waals surface area contributed by atoms with Crippen LogP contribution in [0.1, 0.15) is 10.4 Å². The van der Waals surface area contributed by atoms with Gasteiger partial charge in [-0.3, -0.25) is 0 Å². The van der Waals surface area contributed by atoms with Crippen LogP contribution in [0.3, 0.4) is 0 Å². The minimum Gasteiger partial charge on any atom is -0.493 e. The number of aromatic carboxylic acids is 1. The third-order valence-corrected chi connectivity index (χ3v) is 3.95. The summed E-state index contributed by atoms with van der Waals surface area (Å²) in [5.74, 6) is 0.410. The van der Waals surface area contributed by atoms with Crippen molar-refractivity contribution in [1.29, 1.82) is 0 Å². The van der Waals surface area contributed by atoms with Gasteiger partial charge in [0.05, 0.1) is 12.2 Å². The Morgan fingerprint density at radius 3 is 2.68 bits per heavy atom. The molecule has 0 aliphatic heterocycles. The molecule has 1 heterocycles. The summed E-state index contributed by atoms with van der Waals surface area (Å²) in [5, 5.41) is 16.8. The summed E-state index contributed by atoms with van der Waals surface area (Å²) in [7, 11) is 0. The maximum Gasteiger partial charge on any atom is 0.335 e. The standard InChI is InChI=1S/C11H11N3O3S2/c12-10-13-14-11(19-10)18-6-5-17-8-3-1-7(2-4-8)9(15)16/h1-4H,5-6H2,(H2,12,13)(H,15,16). The molecule has 1 aromatic carbocycles. The second-order valence-electron chi connectivity index (χ2n) is 3.43. The van der Waals surface area contributed by atoms with Crippen LogP contribution in [-0.4, -0.2) is 33.6 Å². The molecule has 19 heavy (non-hydrogen) atoms. The van der Waals surface area contributed by atoms with E-state index >= 15 is 0 Å². The Balaban J connectivity index is 1.75. The van der Waals surface area contributed by atoms with Crippen LogP contribution in [0.15, 0.2) is 28.6 Å². The molecule has 0 bridgehead atoms. The molecule has 0 spiro atoms. The van der Waals surface area contributed by atoms with E-state index in [0.29, 0.717) is 17.5 Å². The van der Waals surface area contributed by atoms with Crippen LogP contribution in [0.4, 0.5) is 5.13 Å². The van der Waals surface area contributed by atoms with Crippen molar-refractivity contribution in [2.24, 2.45) is 0 Å². The average Bonchev–Trinajstić information content (AvgIpc) is 2.81. The smallest absolute Gasteiger partial charge is 0.335 e. The van der Waals surface area contributed by atoms with Crippen molar-refractivity contribution in [2.45, 2.75) is 4.34 Å². The number of nitrogens with zero attached hydrogens (tertiary/aromatic N) is 2. The molecule has 100 valence electrons. The maximum absolute atomic E-state index is 10.7. The number of ether oxygens (including phenoxy) is 1. The molecule has 2 aromatic rings. The van der Waals surface area contributed by atoms with Crippen molar-refractivity contribution in [3.63, 3.8) is 0 Å². The fourth-order valence-electron chi connectivity index (χ4n) is 1.26. The van der Waals surface area contributed by atoms with E-state index in [4.69, 9.17) is 15.6 Å². The van der Waals surface area contributed by atoms with Crippen LogP contribution in [-0.2, 0) is 0 Å². The number of carbonyl (C=O) groups is 1. The first-order valence-corrected chi connectivity index (χ1v) is 7.13. The van der Waals surface area contributed by atoms with Crippen LogP contribution in [0.2, 0.25) is 0 Å². The van der Waals surface area contributed by atoms with Gasteiger partial charge in [-0.1, -0.05) is 23.1 Å². The predicted molar refractivity (Wildman–Crippen MR) is 73.9 cm³/mol. The lowest BCUT2D eigenvalue weighted by atomic mass is 10.2. The third kappa shape index (κ3) is 4.11. The van der Waals surface area contributed by atoms with Gasteiger partial charge in [0, 0.05) is 5.75 Å². The predicted octanol–water partition coefficient (Wildman–Crippen LogP) is 1.99. The molecule has 0 unspecified atom stereocenters. The molecule has 0 fully saturated rings. The molecule has 0 saturated heterocycles. The van der Waals surface area contributed by atoms with E-state index in [1.54, 1.807) is 12.1 Å². The van der Waals surface area contributed by atoms with Crippen LogP contribution in [0, 0.1) is 0 Å². The van der Waals surface area contributed by atoms with E-state index in [1.165, 1.54) is 35.2 Å². The highest BCUT2D eigenvalue weighted by molar-refractivity contribution is 8.01. The van der Waals surface area contributed by atoms with Gasteiger partial charge in [0.25, 0.3) is 0 Å². The van der Waals surface area contributed by atoms with E-state index in [9.17, 15) is 4.79 Å². The molecule has 0 radical (unpaired) electrons. The van der Waals surface area contributed by atoms with Crippen molar-refractivity contribution >= 4 is 34.2 Å². The van der Waals surface area contributed by atoms with Crippen LogP contribution >= 0.6 is 23.1 Å². The first-order valence-electron chi connectivity index (χ1n) is 5.33. The van der Waals surface area contributed by atoms with Crippen molar-refractivity contribution in [2.75, 3.05) is 18.1 Å². The van der Waals surface area contributed by atoms with E-state index < -0.39 is 5.97 Å². The second-order valence-corrected chi connectivity index (χ2v) is 5.78. The highest BCUT2D eigenvalue weighted by Gasteiger charge is 2.03. The summed E-state index contributed by atoms with van der Waals surface area (Å²) >= 11 is 2.85. The Morgan fingerprint density at radius 2 is 2.11 bits per heavy atom. The molecule has 0 saturated carbocycles. The van der Waals surface area contributed by atoms with Crippen LogP contribution in [0.25, 0.3) is 0 Å². The van der Waals surface area contributed by atoms with Gasteiger partial charge in [-0.25, -0.2) is 4.79 Å². The van der Waals surface area contributed by atoms with Gasteiger partial charge in [-0.2, -0.15) is 0 Å². The minimum atomic E-state index is -0.948. The van der Waals surface area contributed by atoms with Gasteiger partial charge >= 0.3 is 5.97 Å². The molecular weight excluding hydrogens is 286 g/mol. The summed E-state index contributed by atoms with van der Waals surface area (Å²) in [4.78, 5) is 10.7. The lowest BCUT2D eigenvalue weighted by Gasteiger charge is -2.05. The number of hydrogen-bond donors (Lipinski definition) is 2. The molecular formula is C11H11N3O3S2. The Bertz CT molecular complexity index is 557. The van der Waals surface area contributed by atoms with Crippen LogP contribution < -0.4 is 10.5 Å². The van der Waals surface area contributed by atoms with Gasteiger partial charge in [0.2, 0.25) is 5.13 Å². The zero-order chi connectivity index (χ0) is 13.7. The van der Waals surface area contributed by atoms with Crippen molar-refractivity contribution in [3.05, 3.63) is 29.8 Å². The number of hydrogen-bond acceptors (Lipinski definition) is 7. The van der Waals surface area contributed by atoms with Gasteiger partial charge in [-0.15, -0.1) is 10.2 Å². The highest BCUT2D eigenvalue weighted by Crippen LogP contribution is 2.23. The van der Waals surface area contributed by atoms with E-state index in [0.717, 1.165) is 10.1 Å². The largest absolute Gasteiger partial charge is 0.493 e. The summed E-state index contributed by atoms with van der Waals surface area (Å²) in [6.45, 7) is 0.497. The highest BCUT2D eigenvalue weighted by atomic mass is 32.2. The molecule has 1 aromatic heterocycles. The van der Waals surface area contributed by atoms with E-state index in [1.807, 2.05) is 0 Å². The number of benzene rings is 1. The second kappa shape index (κ2) is 6.39. The van der Waals surface area contributed by atoms with Crippen molar-refractivity contribution in [3.8, 4) is 5.75 Å². The Hall–Kier alpha value is -1.80. The summed E-state index contributed by atoms with van der Waals surface area (Å²) in [5.41, 5.74) is 5.71. The molecule has 2 rings (SSSR count). The number of nitrogens with two attached hydrogens (primary N) is 1. The monoisotopic (exact) mass is 297 g/mol. The van der Waals surface area contributed by atoms with E-state index in [2.05, 4.69) is 10.2 Å². The number of aromatic nitrogens is 2. The Kier molecular flexibility index (Phi) is 4.58. The van der Waals surface area contributed by atoms with Crippen molar-refractivity contribution in [1.82, 2.24) is 10.2 Å². The third-order valence-electron chi connectivity index (χ3n) is 2.10. The molecule has 6 nitrogen and oxygen atoms in total. The fraction of sp³-hybridized carbons (Fsp3) is 0.182. The summed E-state index contributed by atoms with van der Waals surface area (Å²) in [6.07, 6.45) is 0. The molecule has 0 atom stereocenters. The van der Waals surface area contributed by atoms with Gasteiger partial charge in [-0.05, 0) is 24.3 Å². The van der Waals surface area contributed by atoms with Gasteiger partial charge in [0.1, 0.15) is 5.75 Å². The molecule has 0 aliphatic rings. The number of carboxylic acid groups (broad SMARTS) is 1. The molecule has 0 aliphatic carbocycles. The SMILES string of the molecule is Nc1nnc(SCCOc2ccc(C(=O)O)cc2)s1. The maximum atomic E-state index is 10.7. The molecule has 8 heteroatoms. The zero-order valence-electron chi connectivity index (χ0n) is 9.78. The number of carboxylic acids is 1. The first kappa shape index (κ1) is 13.6. The Morgan fingerprint density at radius 1 is 1.37 bits per heavy atom. The number of rotatable bonds is 6. The molecule has 3 N–H and O–H groups in total. The minimum absolute atomic E-state index is 0.242. The summed E-state index contributed by atoms with van der Waals surface area (Å²) < 4.78 is 6.29. The zero-order valence-corrected chi connectivity index (χ0v) is 11.4. The average molecular weight is 297 g/mol. The summed E-state index contributed by atoms with van der Waals surface area (Å²) in [6, 6.07) is 6.29. The van der Waals surface area contributed by atoms with Gasteiger partial charge < -0.3 is 15.6 Å². The normalized spacial score (nSPS) is 10.3.